The summed E-state index contributed by atoms with van der Waals surface area (Å²) >= 11 is 7.14. The normalized spacial score (nSPS) is 12.6. The van der Waals surface area contributed by atoms with Gasteiger partial charge in [0, 0.05) is 10.6 Å². The molecule has 0 aliphatic carbocycles. The summed E-state index contributed by atoms with van der Waals surface area (Å²) in [4.78, 5) is 25.3. The zero-order valence-electron chi connectivity index (χ0n) is 18.1. The fourth-order valence-corrected chi connectivity index (χ4v) is 3.82. The Hall–Kier alpha value is -2.97. The topological polar surface area (TPSA) is 93.2 Å². The predicted molar refractivity (Wildman–Crippen MR) is 127 cm³/mol. The van der Waals surface area contributed by atoms with E-state index in [2.05, 4.69) is 20.8 Å². The average molecular weight is 473 g/mol. The van der Waals surface area contributed by atoms with Gasteiger partial charge in [0.1, 0.15) is 16.8 Å². The Bertz CT molecular complexity index is 1070. The molecule has 1 heterocycles. The molecular formula is C23H25ClN4O3S. The SMILES string of the molecule is CCC(C)C(NC(=O)COc1ccc(Cl)cc1)C(=O)Nc1nnc(-c2cccc(C)c2)s1. The van der Waals surface area contributed by atoms with E-state index in [1.807, 2.05) is 45.0 Å². The largest absolute Gasteiger partial charge is 0.484 e. The van der Waals surface area contributed by atoms with Crippen molar-refractivity contribution < 1.29 is 14.3 Å². The number of aromatic nitrogens is 2. The van der Waals surface area contributed by atoms with E-state index in [1.54, 1.807) is 24.3 Å². The van der Waals surface area contributed by atoms with Crippen LogP contribution in [0.4, 0.5) is 5.13 Å². The lowest BCUT2D eigenvalue weighted by atomic mass is 9.98. The Kier molecular flexibility index (Phi) is 8.19. The van der Waals surface area contributed by atoms with Crippen LogP contribution in [0.5, 0.6) is 5.75 Å². The Morgan fingerprint density at radius 1 is 1.16 bits per heavy atom. The van der Waals surface area contributed by atoms with Gasteiger partial charge in [0.2, 0.25) is 11.0 Å². The lowest BCUT2D eigenvalue weighted by Crippen LogP contribution is -2.49. The summed E-state index contributed by atoms with van der Waals surface area (Å²) in [5.41, 5.74) is 2.05. The number of nitrogens with zero attached hydrogens (tertiary/aromatic N) is 2. The van der Waals surface area contributed by atoms with Crippen LogP contribution >= 0.6 is 22.9 Å². The minimum atomic E-state index is -0.729. The summed E-state index contributed by atoms with van der Waals surface area (Å²) in [6, 6.07) is 13.9. The number of benzene rings is 2. The van der Waals surface area contributed by atoms with Gasteiger partial charge in [-0.3, -0.25) is 14.9 Å². The lowest BCUT2D eigenvalue weighted by Gasteiger charge is -2.23. The van der Waals surface area contributed by atoms with E-state index >= 15 is 0 Å². The molecule has 0 bridgehead atoms. The molecule has 3 rings (SSSR count). The van der Waals surface area contributed by atoms with Crippen LogP contribution in [-0.2, 0) is 9.59 Å². The minimum Gasteiger partial charge on any atom is -0.484 e. The van der Waals surface area contributed by atoms with E-state index in [-0.39, 0.29) is 18.4 Å². The first kappa shape index (κ1) is 23.7. The van der Waals surface area contributed by atoms with Gasteiger partial charge in [0.25, 0.3) is 5.91 Å². The number of rotatable bonds is 9. The summed E-state index contributed by atoms with van der Waals surface area (Å²) in [7, 11) is 0. The molecule has 0 radical (unpaired) electrons. The van der Waals surface area contributed by atoms with Gasteiger partial charge in [-0.25, -0.2) is 0 Å². The van der Waals surface area contributed by atoms with Crippen molar-refractivity contribution in [2.45, 2.75) is 33.2 Å². The van der Waals surface area contributed by atoms with Crippen molar-refractivity contribution >= 4 is 39.9 Å². The highest BCUT2D eigenvalue weighted by Gasteiger charge is 2.27. The molecule has 32 heavy (non-hydrogen) atoms. The molecule has 2 atom stereocenters. The zero-order chi connectivity index (χ0) is 23.1. The number of carbonyl (C=O) groups is 2. The Morgan fingerprint density at radius 2 is 1.91 bits per heavy atom. The third-order valence-electron chi connectivity index (χ3n) is 4.92. The second-order valence-electron chi connectivity index (χ2n) is 7.44. The molecule has 2 amide bonds. The van der Waals surface area contributed by atoms with Crippen LogP contribution in [0, 0.1) is 12.8 Å². The van der Waals surface area contributed by atoms with Crippen molar-refractivity contribution in [3.05, 3.63) is 59.1 Å². The molecule has 2 aromatic carbocycles. The van der Waals surface area contributed by atoms with Gasteiger partial charge in [-0.15, -0.1) is 10.2 Å². The van der Waals surface area contributed by atoms with Gasteiger partial charge in [-0.05, 0) is 43.2 Å². The maximum Gasteiger partial charge on any atom is 0.258 e. The van der Waals surface area contributed by atoms with Crippen molar-refractivity contribution in [2.24, 2.45) is 5.92 Å². The van der Waals surface area contributed by atoms with Gasteiger partial charge >= 0.3 is 0 Å². The quantitative estimate of drug-likeness (QED) is 0.470. The number of halogens is 1. The standard InChI is InChI=1S/C23H25ClN4O3S/c1-4-15(3)20(25-19(29)13-31-18-10-8-17(24)9-11-18)21(30)26-23-28-27-22(32-23)16-7-5-6-14(2)12-16/h5-12,15,20H,4,13H2,1-3H3,(H,25,29)(H,26,28,30). The highest BCUT2D eigenvalue weighted by molar-refractivity contribution is 7.18. The molecule has 0 fully saturated rings. The number of amides is 2. The van der Waals surface area contributed by atoms with E-state index in [0.717, 1.165) is 11.1 Å². The Balaban J connectivity index is 1.62. The molecular weight excluding hydrogens is 448 g/mol. The van der Waals surface area contributed by atoms with Crippen LogP contribution in [-0.4, -0.2) is 34.7 Å². The molecule has 9 heteroatoms. The first-order valence-electron chi connectivity index (χ1n) is 10.2. The maximum atomic E-state index is 12.9. The molecule has 168 valence electrons. The van der Waals surface area contributed by atoms with Crippen molar-refractivity contribution in [3.63, 3.8) is 0 Å². The number of hydrogen-bond donors (Lipinski definition) is 2. The average Bonchev–Trinajstić information content (AvgIpc) is 3.25. The Labute approximate surface area is 196 Å². The summed E-state index contributed by atoms with van der Waals surface area (Å²) in [6.45, 7) is 5.66. The third-order valence-corrected chi connectivity index (χ3v) is 6.06. The summed E-state index contributed by atoms with van der Waals surface area (Å²) in [6.07, 6.45) is 0.709. The fourth-order valence-electron chi connectivity index (χ4n) is 2.95. The molecule has 0 aliphatic rings. The molecule has 0 saturated carbocycles. The van der Waals surface area contributed by atoms with E-state index < -0.39 is 11.9 Å². The van der Waals surface area contributed by atoms with Crippen molar-refractivity contribution in [1.82, 2.24) is 15.5 Å². The predicted octanol–water partition coefficient (Wildman–Crippen LogP) is 4.72. The number of anilines is 1. The maximum absolute atomic E-state index is 12.9. The highest BCUT2D eigenvalue weighted by Crippen LogP contribution is 2.27. The second-order valence-corrected chi connectivity index (χ2v) is 8.86. The van der Waals surface area contributed by atoms with Gasteiger partial charge in [-0.2, -0.15) is 0 Å². The molecule has 0 aliphatic heterocycles. The van der Waals surface area contributed by atoms with Crippen LogP contribution < -0.4 is 15.4 Å². The van der Waals surface area contributed by atoms with Crippen LogP contribution in [0.1, 0.15) is 25.8 Å². The Morgan fingerprint density at radius 3 is 2.59 bits per heavy atom. The molecule has 0 saturated heterocycles. The van der Waals surface area contributed by atoms with Crippen molar-refractivity contribution in [1.29, 1.82) is 0 Å². The molecule has 1 aromatic heterocycles. The first-order chi connectivity index (χ1) is 15.4. The molecule has 2 unspecified atom stereocenters. The summed E-state index contributed by atoms with van der Waals surface area (Å²) in [5, 5.41) is 15.5. The monoisotopic (exact) mass is 472 g/mol. The number of carbonyl (C=O) groups excluding carboxylic acids is 2. The first-order valence-corrected chi connectivity index (χ1v) is 11.4. The van der Waals surface area contributed by atoms with Crippen molar-refractivity contribution in [3.8, 4) is 16.3 Å². The van der Waals surface area contributed by atoms with Gasteiger partial charge in [0.15, 0.2) is 6.61 Å². The zero-order valence-corrected chi connectivity index (χ0v) is 19.7. The molecule has 0 spiro atoms. The number of ether oxygens (including phenoxy) is 1. The lowest BCUT2D eigenvalue weighted by molar-refractivity contribution is -0.128. The smallest absolute Gasteiger partial charge is 0.258 e. The van der Waals surface area contributed by atoms with E-state index in [1.165, 1.54) is 11.3 Å². The van der Waals surface area contributed by atoms with Crippen LogP contribution in [0.25, 0.3) is 10.6 Å². The number of hydrogen-bond acceptors (Lipinski definition) is 6. The second kappa shape index (κ2) is 11.1. The minimum absolute atomic E-state index is 0.0846. The van der Waals surface area contributed by atoms with Crippen LogP contribution in [0.2, 0.25) is 5.02 Å². The van der Waals surface area contributed by atoms with Gasteiger partial charge in [-0.1, -0.05) is 67.0 Å². The van der Waals surface area contributed by atoms with Gasteiger partial charge in [0.05, 0.1) is 0 Å². The highest BCUT2D eigenvalue weighted by atomic mass is 35.5. The summed E-state index contributed by atoms with van der Waals surface area (Å²) in [5.74, 6) is -0.297. The molecule has 3 aromatic rings. The number of aryl methyl sites for hydroxylation is 1. The van der Waals surface area contributed by atoms with Crippen LogP contribution in [0.15, 0.2) is 48.5 Å². The molecule has 2 N–H and O–H groups in total. The van der Waals surface area contributed by atoms with E-state index in [9.17, 15) is 9.59 Å². The van der Waals surface area contributed by atoms with Crippen LogP contribution in [0.3, 0.4) is 0 Å². The van der Waals surface area contributed by atoms with Crippen molar-refractivity contribution in [2.75, 3.05) is 11.9 Å². The summed E-state index contributed by atoms with van der Waals surface area (Å²) < 4.78 is 5.47. The van der Waals surface area contributed by atoms with E-state index in [4.69, 9.17) is 16.3 Å². The molecule has 7 nitrogen and oxygen atoms in total. The third kappa shape index (κ3) is 6.51. The van der Waals surface area contributed by atoms with Gasteiger partial charge < -0.3 is 10.1 Å². The number of nitrogens with one attached hydrogen (secondary N) is 2. The van der Waals surface area contributed by atoms with E-state index in [0.29, 0.717) is 27.3 Å². The fraction of sp³-hybridized carbons (Fsp3) is 0.304.